The largest absolute Gasteiger partial charge is 0.494 e. The lowest BCUT2D eigenvalue weighted by atomic mass is 10.2. The van der Waals surface area contributed by atoms with Crippen LogP contribution in [-0.2, 0) is 22.1 Å². The second kappa shape index (κ2) is 10.8. The van der Waals surface area contributed by atoms with E-state index >= 15 is 0 Å². The predicted molar refractivity (Wildman–Crippen MR) is 124 cm³/mol. The minimum absolute atomic E-state index is 0.151. The second-order valence-electron chi connectivity index (χ2n) is 7.43. The molecule has 6 nitrogen and oxygen atoms in total. The monoisotopic (exact) mass is 459 g/mol. The van der Waals surface area contributed by atoms with Crippen LogP contribution in [0.5, 0.6) is 5.75 Å². The van der Waals surface area contributed by atoms with Crippen molar-refractivity contribution in [3.8, 4) is 5.75 Å². The third-order valence-corrected chi connectivity index (χ3v) is 7.55. The predicted octanol–water partition coefficient (Wildman–Crippen LogP) is 4.84. The SMILES string of the molecule is CCn1c(CS(=O)(=O)c2ccc(C)cc2)nnc1SCCCCOc1ccc(C)cc1. The molecule has 0 saturated carbocycles. The van der Waals surface area contributed by atoms with Crippen LogP contribution in [0.1, 0.15) is 36.7 Å². The number of ether oxygens (including phenoxy) is 1. The van der Waals surface area contributed by atoms with Crippen molar-refractivity contribution in [1.29, 1.82) is 0 Å². The van der Waals surface area contributed by atoms with Crippen molar-refractivity contribution in [3.05, 3.63) is 65.5 Å². The molecule has 3 aromatic rings. The Morgan fingerprint density at radius 2 is 1.58 bits per heavy atom. The highest BCUT2D eigenvalue weighted by Gasteiger charge is 2.21. The fourth-order valence-electron chi connectivity index (χ4n) is 3.04. The number of unbranched alkanes of at least 4 members (excludes halogenated alkanes) is 1. The first kappa shape index (κ1) is 23.3. The highest BCUT2D eigenvalue weighted by molar-refractivity contribution is 7.99. The van der Waals surface area contributed by atoms with Crippen molar-refractivity contribution in [3.63, 3.8) is 0 Å². The third-order valence-electron chi connectivity index (χ3n) is 4.87. The smallest absolute Gasteiger partial charge is 0.191 e. The molecule has 0 fully saturated rings. The average molecular weight is 460 g/mol. The van der Waals surface area contributed by atoms with Gasteiger partial charge < -0.3 is 9.30 Å². The van der Waals surface area contributed by atoms with Gasteiger partial charge in [0.25, 0.3) is 0 Å². The Bertz CT molecular complexity index is 1080. The number of sulfone groups is 1. The number of hydrogen-bond donors (Lipinski definition) is 0. The number of benzene rings is 2. The highest BCUT2D eigenvalue weighted by Crippen LogP contribution is 2.22. The average Bonchev–Trinajstić information content (AvgIpc) is 3.12. The lowest BCUT2D eigenvalue weighted by Gasteiger charge is -2.09. The maximum Gasteiger partial charge on any atom is 0.191 e. The van der Waals surface area contributed by atoms with E-state index in [0.717, 1.165) is 35.1 Å². The number of thioether (sulfide) groups is 1. The van der Waals surface area contributed by atoms with Gasteiger partial charge in [-0.1, -0.05) is 47.2 Å². The summed E-state index contributed by atoms with van der Waals surface area (Å²) in [6, 6.07) is 15.0. The van der Waals surface area contributed by atoms with Crippen molar-refractivity contribution in [2.24, 2.45) is 0 Å². The van der Waals surface area contributed by atoms with Gasteiger partial charge in [-0.2, -0.15) is 0 Å². The van der Waals surface area contributed by atoms with Gasteiger partial charge in [-0.05, 0) is 57.9 Å². The summed E-state index contributed by atoms with van der Waals surface area (Å²) in [5.41, 5.74) is 2.24. The highest BCUT2D eigenvalue weighted by atomic mass is 32.2. The fourth-order valence-corrected chi connectivity index (χ4v) is 5.33. The van der Waals surface area contributed by atoms with Crippen LogP contribution in [-0.4, -0.2) is 35.5 Å². The van der Waals surface area contributed by atoms with Crippen LogP contribution in [0, 0.1) is 13.8 Å². The van der Waals surface area contributed by atoms with Crippen molar-refractivity contribution in [1.82, 2.24) is 14.8 Å². The van der Waals surface area contributed by atoms with Crippen molar-refractivity contribution < 1.29 is 13.2 Å². The normalized spacial score (nSPS) is 11.6. The Labute approximate surface area is 189 Å². The molecule has 31 heavy (non-hydrogen) atoms. The van der Waals surface area contributed by atoms with Crippen LogP contribution < -0.4 is 4.74 Å². The maximum atomic E-state index is 12.8. The zero-order valence-electron chi connectivity index (χ0n) is 18.2. The van der Waals surface area contributed by atoms with Crippen LogP contribution in [0.2, 0.25) is 0 Å². The molecule has 0 amide bonds. The van der Waals surface area contributed by atoms with Gasteiger partial charge in [0, 0.05) is 12.3 Å². The zero-order chi connectivity index (χ0) is 22.3. The van der Waals surface area contributed by atoms with E-state index < -0.39 is 9.84 Å². The van der Waals surface area contributed by atoms with Crippen molar-refractivity contribution >= 4 is 21.6 Å². The van der Waals surface area contributed by atoms with Crippen LogP contribution in [0.3, 0.4) is 0 Å². The summed E-state index contributed by atoms with van der Waals surface area (Å²) in [6.45, 7) is 7.27. The van der Waals surface area contributed by atoms with Gasteiger partial charge in [0.2, 0.25) is 0 Å². The Hall–Kier alpha value is -2.32. The van der Waals surface area contributed by atoms with E-state index in [1.807, 2.05) is 42.7 Å². The first-order chi connectivity index (χ1) is 14.9. The third kappa shape index (κ3) is 6.58. The second-order valence-corrected chi connectivity index (χ2v) is 10.5. The van der Waals surface area contributed by atoms with Gasteiger partial charge >= 0.3 is 0 Å². The lowest BCUT2D eigenvalue weighted by Crippen LogP contribution is -2.11. The number of hydrogen-bond acceptors (Lipinski definition) is 6. The number of aryl methyl sites for hydroxylation is 2. The summed E-state index contributed by atoms with van der Waals surface area (Å²) in [5.74, 6) is 2.10. The van der Waals surface area contributed by atoms with Gasteiger partial charge in [-0.3, -0.25) is 0 Å². The molecule has 0 atom stereocenters. The fraction of sp³-hybridized carbons (Fsp3) is 0.391. The molecule has 0 spiro atoms. The van der Waals surface area contributed by atoms with E-state index in [2.05, 4.69) is 17.1 Å². The van der Waals surface area contributed by atoms with Gasteiger partial charge in [0.05, 0.1) is 11.5 Å². The molecule has 0 aliphatic heterocycles. The van der Waals surface area contributed by atoms with E-state index in [0.29, 0.717) is 23.9 Å². The molecule has 0 N–H and O–H groups in total. The molecule has 3 rings (SSSR count). The summed E-state index contributed by atoms with van der Waals surface area (Å²) in [7, 11) is -3.46. The molecule has 166 valence electrons. The van der Waals surface area contributed by atoms with E-state index in [1.54, 1.807) is 36.0 Å². The van der Waals surface area contributed by atoms with E-state index in [9.17, 15) is 8.42 Å². The topological polar surface area (TPSA) is 74.1 Å². The van der Waals surface area contributed by atoms with Crippen LogP contribution >= 0.6 is 11.8 Å². The van der Waals surface area contributed by atoms with Gasteiger partial charge in [0.15, 0.2) is 15.0 Å². The summed E-state index contributed by atoms with van der Waals surface area (Å²) in [5, 5.41) is 9.16. The summed E-state index contributed by atoms with van der Waals surface area (Å²) < 4.78 is 33.2. The molecule has 0 radical (unpaired) electrons. The first-order valence-corrected chi connectivity index (χ1v) is 13.1. The van der Waals surface area contributed by atoms with E-state index in [4.69, 9.17) is 4.74 Å². The molecular weight excluding hydrogens is 430 g/mol. The van der Waals surface area contributed by atoms with E-state index in [-0.39, 0.29) is 5.75 Å². The first-order valence-electron chi connectivity index (χ1n) is 10.4. The molecule has 0 bridgehead atoms. The molecule has 1 heterocycles. The Morgan fingerprint density at radius 3 is 2.23 bits per heavy atom. The summed E-state index contributed by atoms with van der Waals surface area (Å²) in [4.78, 5) is 0.312. The van der Waals surface area contributed by atoms with E-state index in [1.165, 1.54) is 5.56 Å². The molecule has 8 heteroatoms. The van der Waals surface area contributed by atoms with Gasteiger partial charge in [-0.25, -0.2) is 8.42 Å². The Balaban J connectivity index is 1.50. The molecule has 0 unspecified atom stereocenters. The van der Waals surface area contributed by atoms with Crippen molar-refractivity contribution in [2.45, 2.75) is 56.0 Å². The van der Waals surface area contributed by atoms with Gasteiger partial charge in [-0.15, -0.1) is 10.2 Å². The summed E-state index contributed by atoms with van der Waals surface area (Å²) >= 11 is 1.60. The van der Waals surface area contributed by atoms with Crippen LogP contribution in [0.4, 0.5) is 0 Å². The van der Waals surface area contributed by atoms with Crippen LogP contribution in [0.25, 0.3) is 0 Å². The number of nitrogens with zero attached hydrogens (tertiary/aromatic N) is 3. The molecule has 0 aliphatic carbocycles. The molecule has 1 aromatic heterocycles. The van der Waals surface area contributed by atoms with Crippen LogP contribution in [0.15, 0.2) is 58.6 Å². The van der Waals surface area contributed by atoms with Crippen molar-refractivity contribution in [2.75, 3.05) is 12.4 Å². The standard InChI is InChI=1S/C23H29N3O3S2/c1-4-26-22(17-31(27,28)21-13-9-19(3)10-14-21)24-25-23(26)30-16-6-5-15-29-20-11-7-18(2)8-12-20/h7-14H,4-6,15-17H2,1-3H3. The Kier molecular flexibility index (Phi) is 8.15. The minimum atomic E-state index is -3.46. The molecule has 0 aliphatic rings. The summed E-state index contributed by atoms with van der Waals surface area (Å²) in [6.07, 6.45) is 1.92. The Morgan fingerprint density at radius 1 is 0.935 bits per heavy atom. The lowest BCUT2D eigenvalue weighted by molar-refractivity contribution is 0.310. The molecular formula is C23H29N3O3S2. The molecule has 0 saturated heterocycles. The minimum Gasteiger partial charge on any atom is -0.494 e. The zero-order valence-corrected chi connectivity index (χ0v) is 19.9. The number of aromatic nitrogens is 3. The number of rotatable bonds is 11. The van der Waals surface area contributed by atoms with Gasteiger partial charge in [0.1, 0.15) is 17.3 Å². The maximum absolute atomic E-state index is 12.8. The quantitative estimate of drug-likeness (QED) is 0.302. The molecule has 2 aromatic carbocycles.